The number of benzene rings is 1. The van der Waals surface area contributed by atoms with E-state index < -0.39 is 0 Å². The van der Waals surface area contributed by atoms with Crippen LogP contribution in [0.4, 0.5) is 5.95 Å². The van der Waals surface area contributed by atoms with Crippen LogP contribution < -0.4 is 10.5 Å². The second-order valence-electron chi connectivity index (χ2n) is 5.94. The van der Waals surface area contributed by atoms with E-state index in [4.69, 9.17) is 0 Å². The highest BCUT2D eigenvalue weighted by Crippen LogP contribution is 2.26. The van der Waals surface area contributed by atoms with Crippen LogP contribution in [0.15, 0.2) is 23.0 Å². The summed E-state index contributed by atoms with van der Waals surface area (Å²) in [5.74, 6) is 0.682. The number of hydrogen-bond acceptors (Lipinski definition) is 3. The fraction of sp³-hybridized carbons (Fsp3) is 0.412. The average molecular weight is 285 g/mol. The zero-order chi connectivity index (χ0) is 15.7. The van der Waals surface area contributed by atoms with Gasteiger partial charge in [-0.05, 0) is 26.3 Å². The highest BCUT2D eigenvalue weighted by atomic mass is 16.1. The highest BCUT2D eigenvalue weighted by molar-refractivity contribution is 5.39. The van der Waals surface area contributed by atoms with Crippen molar-refractivity contribution in [3.05, 3.63) is 56.5 Å². The van der Waals surface area contributed by atoms with Crippen molar-refractivity contribution in [3.8, 4) is 0 Å². The van der Waals surface area contributed by atoms with Gasteiger partial charge >= 0.3 is 0 Å². The van der Waals surface area contributed by atoms with E-state index in [1.54, 1.807) is 0 Å². The van der Waals surface area contributed by atoms with Crippen LogP contribution in [-0.2, 0) is 0 Å². The molecule has 0 fully saturated rings. The molecule has 0 spiro atoms. The molecule has 1 aromatic carbocycles. The average Bonchev–Trinajstić information content (AvgIpc) is 2.39. The SMILES string of the molecule is Cc1cc(C)cc(C(C)c2nc(N(C)C)[nH]c(=O)c2C)c1. The maximum atomic E-state index is 12.1. The van der Waals surface area contributed by atoms with E-state index in [-0.39, 0.29) is 11.5 Å². The Labute approximate surface area is 125 Å². The van der Waals surface area contributed by atoms with Crippen LogP contribution in [-0.4, -0.2) is 24.1 Å². The number of rotatable bonds is 3. The quantitative estimate of drug-likeness (QED) is 0.943. The van der Waals surface area contributed by atoms with E-state index >= 15 is 0 Å². The summed E-state index contributed by atoms with van der Waals surface area (Å²) in [7, 11) is 3.75. The third-order valence-corrected chi connectivity index (χ3v) is 3.75. The molecule has 4 heteroatoms. The van der Waals surface area contributed by atoms with E-state index in [0.29, 0.717) is 11.5 Å². The number of anilines is 1. The van der Waals surface area contributed by atoms with E-state index in [1.807, 2.05) is 25.9 Å². The van der Waals surface area contributed by atoms with Crippen molar-refractivity contribution in [3.63, 3.8) is 0 Å². The Balaban J connectivity index is 2.57. The van der Waals surface area contributed by atoms with Crippen LogP contribution in [0.3, 0.4) is 0 Å². The van der Waals surface area contributed by atoms with Crippen molar-refractivity contribution in [2.45, 2.75) is 33.6 Å². The molecule has 0 amide bonds. The number of aryl methyl sites for hydroxylation is 2. The summed E-state index contributed by atoms with van der Waals surface area (Å²) in [6.07, 6.45) is 0. The fourth-order valence-corrected chi connectivity index (χ4v) is 2.59. The molecule has 0 aliphatic heterocycles. The molecule has 1 N–H and O–H groups in total. The molecule has 4 nitrogen and oxygen atoms in total. The van der Waals surface area contributed by atoms with Gasteiger partial charge < -0.3 is 4.90 Å². The van der Waals surface area contributed by atoms with Crippen LogP contribution in [0.2, 0.25) is 0 Å². The molecule has 2 aromatic rings. The van der Waals surface area contributed by atoms with Crippen molar-refractivity contribution < 1.29 is 0 Å². The molecule has 1 heterocycles. The van der Waals surface area contributed by atoms with E-state index in [2.05, 4.69) is 48.9 Å². The van der Waals surface area contributed by atoms with Crippen molar-refractivity contribution in [2.24, 2.45) is 0 Å². The van der Waals surface area contributed by atoms with Gasteiger partial charge in [0.1, 0.15) is 0 Å². The van der Waals surface area contributed by atoms with Crippen LogP contribution in [0, 0.1) is 20.8 Å². The Bertz CT molecular complexity index is 696. The fourth-order valence-electron chi connectivity index (χ4n) is 2.59. The van der Waals surface area contributed by atoms with Gasteiger partial charge in [0.2, 0.25) is 5.95 Å². The van der Waals surface area contributed by atoms with Gasteiger partial charge in [0, 0.05) is 25.6 Å². The first-order valence-corrected chi connectivity index (χ1v) is 7.16. The number of nitrogens with one attached hydrogen (secondary N) is 1. The lowest BCUT2D eigenvalue weighted by atomic mass is 9.92. The molecule has 112 valence electrons. The number of hydrogen-bond donors (Lipinski definition) is 1. The van der Waals surface area contributed by atoms with Gasteiger partial charge in [-0.1, -0.05) is 36.2 Å². The molecule has 1 aromatic heterocycles. The lowest BCUT2D eigenvalue weighted by Crippen LogP contribution is -2.23. The smallest absolute Gasteiger partial charge is 0.255 e. The molecule has 0 aliphatic carbocycles. The van der Waals surface area contributed by atoms with E-state index in [9.17, 15) is 4.79 Å². The predicted octanol–water partition coefficient (Wildman–Crippen LogP) is 2.91. The van der Waals surface area contributed by atoms with Crippen molar-refractivity contribution in [1.82, 2.24) is 9.97 Å². The first-order chi connectivity index (χ1) is 9.79. The van der Waals surface area contributed by atoms with Gasteiger partial charge in [-0.25, -0.2) is 4.98 Å². The van der Waals surface area contributed by atoms with Gasteiger partial charge in [0.05, 0.1) is 5.69 Å². The summed E-state index contributed by atoms with van der Waals surface area (Å²) in [6, 6.07) is 6.48. The van der Waals surface area contributed by atoms with Crippen molar-refractivity contribution in [2.75, 3.05) is 19.0 Å². The zero-order valence-corrected chi connectivity index (χ0v) is 13.6. The molecule has 21 heavy (non-hydrogen) atoms. The summed E-state index contributed by atoms with van der Waals surface area (Å²) >= 11 is 0. The molecule has 0 saturated carbocycles. The molecular formula is C17H23N3O. The Morgan fingerprint density at radius 2 is 1.67 bits per heavy atom. The maximum absolute atomic E-state index is 12.1. The number of aromatic nitrogens is 2. The van der Waals surface area contributed by atoms with Crippen LogP contribution >= 0.6 is 0 Å². The monoisotopic (exact) mass is 285 g/mol. The first-order valence-electron chi connectivity index (χ1n) is 7.16. The van der Waals surface area contributed by atoms with Gasteiger partial charge in [-0.15, -0.1) is 0 Å². The van der Waals surface area contributed by atoms with E-state index in [0.717, 1.165) is 5.69 Å². The van der Waals surface area contributed by atoms with Gasteiger partial charge in [0.15, 0.2) is 0 Å². The summed E-state index contributed by atoms with van der Waals surface area (Å²) in [6.45, 7) is 8.11. The minimum atomic E-state index is -0.0695. The number of aromatic amines is 1. The summed E-state index contributed by atoms with van der Waals surface area (Å²) in [5, 5.41) is 0. The summed E-state index contributed by atoms with van der Waals surface area (Å²) in [5.41, 5.74) is 5.11. The Hall–Kier alpha value is -2.10. The lowest BCUT2D eigenvalue weighted by Gasteiger charge is -2.18. The first kappa shape index (κ1) is 15.3. The third-order valence-electron chi connectivity index (χ3n) is 3.75. The second-order valence-corrected chi connectivity index (χ2v) is 5.94. The zero-order valence-electron chi connectivity index (χ0n) is 13.6. The number of H-pyrrole nitrogens is 1. The lowest BCUT2D eigenvalue weighted by molar-refractivity contribution is 0.821. The minimum absolute atomic E-state index is 0.0695. The molecule has 0 saturated heterocycles. The van der Waals surface area contributed by atoms with E-state index in [1.165, 1.54) is 16.7 Å². The largest absolute Gasteiger partial charge is 0.348 e. The molecule has 0 bridgehead atoms. The Morgan fingerprint density at radius 1 is 1.10 bits per heavy atom. The van der Waals surface area contributed by atoms with Crippen LogP contribution in [0.25, 0.3) is 0 Å². The van der Waals surface area contributed by atoms with Crippen molar-refractivity contribution in [1.29, 1.82) is 0 Å². The van der Waals surface area contributed by atoms with Gasteiger partial charge in [0.25, 0.3) is 5.56 Å². The normalized spacial score (nSPS) is 12.3. The topological polar surface area (TPSA) is 49.0 Å². The van der Waals surface area contributed by atoms with Gasteiger partial charge in [-0.2, -0.15) is 0 Å². The molecule has 0 aliphatic rings. The molecular weight excluding hydrogens is 262 g/mol. The molecule has 0 radical (unpaired) electrons. The predicted molar refractivity (Wildman–Crippen MR) is 87.4 cm³/mol. The maximum Gasteiger partial charge on any atom is 0.255 e. The third kappa shape index (κ3) is 3.15. The van der Waals surface area contributed by atoms with Crippen LogP contribution in [0.1, 0.15) is 40.8 Å². The molecule has 1 unspecified atom stereocenters. The number of nitrogens with zero attached hydrogens (tertiary/aromatic N) is 2. The van der Waals surface area contributed by atoms with Crippen LogP contribution in [0.5, 0.6) is 0 Å². The Kier molecular flexibility index (Phi) is 4.16. The van der Waals surface area contributed by atoms with Gasteiger partial charge in [-0.3, -0.25) is 9.78 Å². The minimum Gasteiger partial charge on any atom is -0.348 e. The molecule has 1 atom stereocenters. The summed E-state index contributed by atoms with van der Waals surface area (Å²) < 4.78 is 0. The Morgan fingerprint density at radius 3 is 2.19 bits per heavy atom. The highest BCUT2D eigenvalue weighted by Gasteiger charge is 2.17. The van der Waals surface area contributed by atoms with Crippen molar-refractivity contribution >= 4 is 5.95 Å². The summed E-state index contributed by atoms with van der Waals surface area (Å²) in [4.78, 5) is 21.4. The second kappa shape index (κ2) is 5.72. The standard InChI is InChI=1S/C17H23N3O/c1-10-7-11(2)9-14(8-10)12(3)15-13(4)16(21)19-17(18-15)20(5)6/h7-9,12H,1-6H3,(H,18,19,21). The molecule has 2 rings (SSSR count).